The second-order valence-corrected chi connectivity index (χ2v) is 6.14. The molecular formula is C23H28O6. The molecule has 0 aromatic heterocycles. The van der Waals surface area contributed by atoms with Crippen molar-refractivity contribution in [1.29, 1.82) is 0 Å². The van der Waals surface area contributed by atoms with Gasteiger partial charge in [-0.2, -0.15) is 0 Å². The zero-order valence-electron chi connectivity index (χ0n) is 16.9. The van der Waals surface area contributed by atoms with Gasteiger partial charge in [-0.15, -0.1) is 0 Å². The highest BCUT2D eigenvalue weighted by atomic mass is 16.7. The molecule has 6 heteroatoms. The number of ether oxygens (including phenoxy) is 5. The molecule has 1 N–H and O–H groups in total. The minimum Gasteiger partial charge on any atom is -0.467 e. The maximum Gasteiger partial charge on any atom is 0.189 e. The number of aryl methyl sites for hydroxylation is 1. The fourth-order valence-electron chi connectivity index (χ4n) is 2.50. The van der Waals surface area contributed by atoms with Gasteiger partial charge in [-0.1, -0.05) is 42.2 Å². The molecule has 0 saturated heterocycles. The number of para-hydroxylation sites is 2. The molecule has 1 unspecified atom stereocenters. The van der Waals surface area contributed by atoms with Gasteiger partial charge in [-0.25, -0.2) is 0 Å². The molecule has 2 aromatic rings. The molecular weight excluding hydrogens is 372 g/mol. The van der Waals surface area contributed by atoms with Crippen molar-refractivity contribution in [3.8, 4) is 23.3 Å². The lowest BCUT2D eigenvalue weighted by atomic mass is 10.1. The average Bonchev–Trinajstić information content (AvgIpc) is 2.76. The van der Waals surface area contributed by atoms with Gasteiger partial charge < -0.3 is 28.8 Å². The number of hydrogen-bond donors (Lipinski definition) is 1. The summed E-state index contributed by atoms with van der Waals surface area (Å²) in [5.74, 6) is 7.24. The SMILES string of the molecule is COCCOCOc1ccccc1C#CC(O)CCc1ccccc1OCOC. The molecule has 0 aliphatic rings. The lowest BCUT2D eigenvalue weighted by Crippen LogP contribution is -2.08. The minimum atomic E-state index is -0.767. The van der Waals surface area contributed by atoms with Crippen molar-refractivity contribution in [2.75, 3.05) is 41.0 Å². The number of methoxy groups -OCH3 is 2. The van der Waals surface area contributed by atoms with Crippen molar-refractivity contribution < 1.29 is 28.8 Å². The number of aliphatic hydroxyl groups excluding tert-OH is 1. The summed E-state index contributed by atoms with van der Waals surface area (Å²) in [5.41, 5.74) is 1.70. The van der Waals surface area contributed by atoms with Gasteiger partial charge in [-0.3, -0.25) is 0 Å². The average molecular weight is 400 g/mol. The largest absolute Gasteiger partial charge is 0.467 e. The van der Waals surface area contributed by atoms with Crippen LogP contribution in [-0.4, -0.2) is 52.2 Å². The molecule has 0 aliphatic heterocycles. The lowest BCUT2D eigenvalue weighted by molar-refractivity contribution is -0.00858. The van der Waals surface area contributed by atoms with Gasteiger partial charge in [0, 0.05) is 14.2 Å². The number of aliphatic hydroxyl groups is 1. The van der Waals surface area contributed by atoms with Crippen LogP contribution in [-0.2, 0) is 20.6 Å². The van der Waals surface area contributed by atoms with Crippen LogP contribution < -0.4 is 9.47 Å². The molecule has 0 amide bonds. The summed E-state index contributed by atoms with van der Waals surface area (Å²) in [4.78, 5) is 0. The van der Waals surface area contributed by atoms with Gasteiger partial charge in [0.05, 0.1) is 18.8 Å². The standard InChI is InChI=1S/C23H28O6/c1-25-15-16-27-18-29-23-10-6-4-8-20(23)12-14-21(24)13-11-19-7-3-5-9-22(19)28-17-26-2/h3-10,21,24H,11,13,15-18H2,1-2H3. The van der Waals surface area contributed by atoms with Crippen LogP contribution in [0.1, 0.15) is 17.5 Å². The summed E-state index contributed by atoms with van der Waals surface area (Å²) in [6.45, 7) is 1.27. The minimum absolute atomic E-state index is 0.114. The summed E-state index contributed by atoms with van der Waals surface area (Å²) in [6.07, 6.45) is 0.363. The zero-order chi connectivity index (χ0) is 20.7. The molecule has 1 atom stereocenters. The maximum absolute atomic E-state index is 10.3. The van der Waals surface area contributed by atoms with E-state index in [-0.39, 0.29) is 13.6 Å². The number of benzene rings is 2. The van der Waals surface area contributed by atoms with E-state index in [2.05, 4.69) is 11.8 Å². The first-order valence-corrected chi connectivity index (χ1v) is 9.42. The van der Waals surface area contributed by atoms with Crippen LogP contribution in [0.3, 0.4) is 0 Å². The Labute approximate surface area is 172 Å². The van der Waals surface area contributed by atoms with Crippen molar-refractivity contribution in [2.45, 2.75) is 18.9 Å². The monoisotopic (exact) mass is 400 g/mol. The van der Waals surface area contributed by atoms with Gasteiger partial charge in [0.1, 0.15) is 17.6 Å². The number of rotatable bonds is 12. The third-order valence-corrected chi connectivity index (χ3v) is 3.98. The predicted octanol–water partition coefficient (Wildman–Crippen LogP) is 3.01. The predicted molar refractivity (Wildman–Crippen MR) is 110 cm³/mol. The van der Waals surface area contributed by atoms with Crippen LogP contribution in [0.4, 0.5) is 0 Å². The van der Waals surface area contributed by atoms with Gasteiger partial charge >= 0.3 is 0 Å². The zero-order valence-corrected chi connectivity index (χ0v) is 16.9. The number of hydrogen-bond acceptors (Lipinski definition) is 6. The van der Waals surface area contributed by atoms with Crippen LogP contribution in [0, 0.1) is 11.8 Å². The molecule has 6 nitrogen and oxygen atoms in total. The van der Waals surface area contributed by atoms with E-state index < -0.39 is 6.10 Å². The van der Waals surface area contributed by atoms with Crippen LogP contribution >= 0.6 is 0 Å². The Morgan fingerprint density at radius 1 is 0.862 bits per heavy atom. The van der Waals surface area contributed by atoms with Crippen LogP contribution in [0.15, 0.2) is 48.5 Å². The molecule has 0 aliphatic carbocycles. The smallest absolute Gasteiger partial charge is 0.189 e. The second-order valence-electron chi connectivity index (χ2n) is 6.14. The highest BCUT2D eigenvalue weighted by Gasteiger charge is 2.07. The van der Waals surface area contributed by atoms with Crippen molar-refractivity contribution >= 4 is 0 Å². The van der Waals surface area contributed by atoms with E-state index in [9.17, 15) is 5.11 Å². The van der Waals surface area contributed by atoms with Crippen LogP contribution in [0.5, 0.6) is 11.5 Å². The summed E-state index contributed by atoms with van der Waals surface area (Å²) in [6, 6.07) is 15.1. The second kappa shape index (κ2) is 13.6. The van der Waals surface area contributed by atoms with Crippen molar-refractivity contribution in [1.82, 2.24) is 0 Å². The Balaban J connectivity index is 1.90. The normalized spacial score (nSPS) is 11.4. The third-order valence-electron chi connectivity index (χ3n) is 3.98. The van der Waals surface area contributed by atoms with Crippen molar-refractivity contribution in [3.63, 3.8) is 0 Å². The first kappa shape index (κ1) is 22.7. The van der Waals surface area contributed by atoms with Crippen molar-refractivity contribution in [2.24, 2.45) is 0 Å². The molecule has 0 spiro atoms. The van der Waals surface area contributed by atoms with Crippen molar-refractivity contribution in [3.05, 3.63) is 59.7 Å². The summed E-state index contributed by atoms with van der Waals surface area (Å²) >= 11 is 0. The summed E-state index contributed by atoms with van der Waals surface area (Å²) < 4.78 is 26.3. The molecule has 156 valence electrons. The quantitative estimate of drug-likeness (QED) is 0.336. The molecule has 2 aromatic carbocycles. The highest BCUT2D eigenvalue weighted by molar-refractivity contribution is 5.46. The summed E-state index contributed by atoms with van der Waals surface area (Å²) in [7, 11) is 3.20. The Morgan fingerprint density at radius 2 is 1.59 bits per heavy atom. The van der Waals surface area contributed by atoms with Gasteiger partial charge in [0.15, 0.2) is 13.6 Å². The molecule has 0 bridgehead atoms. The Bertz CT molecular complexity index is 780. The van der Waals surface area contributed by atoms with Crippen LogP contribution in [0.25, 0.3) is 0 Å². The Morgan fingerprint density at radius 3 is 2.38 bits per heavy atom. The Kier molecular flexibility index (Phi) is 10.6. The molecule has 0 heterocycles. The van der Waals surface area contributed by atoms with E-state index in [4.69, 9.17) is 23.7 Å². The van der Waals surface area contributed by atoms with Gasteiger partial charge in [0.2, 0.25) is 0 Å². The Hall–Kier alpha value is -2.56. The van der Waals surface area contributed by atoms with Gasteiger partial charge in [0.25, 0.3) is 0 Å². The molecule has 0 radical (unpaired) electrons. The fraction of sp³-hybridized carbons (Fsp3) is 0.391. The molecule has 29 heavy (non-hydrogen) atoms. The fourth-order valence-corrected chi connectivity index (χ4v) is 2.50. The van der Waals surface area contributed by atoms with E-state index in [1.54, 1.807) is 14.2 Å². The lowest BCUT2D eigenvalue weighted by Gasteiger charge is -2.11. The topological polar surface area (TPSA) is 66.4 Å². The first-order valence-electron chi connectivity index (χ1n) is 9.42. The van der Waals surface area contributed by atoms with E-state index in [0.717, 1.165) is 11.3 Å². The first-order chi connectivity index (χ1) is 14.2. The summed E-state index contributed by atoms with van der Waals surface area (Å²) in [5, 5.41) is 10.3. The third kappa shape index (κ3) is 8.55. The molecule has 0 fully saturated rings. The van der Waals surface area contributed by atoms with E-state index in [0.29, 0.717) is 37.4 Å². The van der Waals surface area contributed by atoms with E-state index >= 15 is 0 Å². The van der Waals surface area contributed by atoms with Crippen LogP contribution in [0.2, 0.25) is 0 Å². The maximum atomic E-state index is 10.3. The highest BCUT2D eigenvalue weighted by Crippen LogP contribution is 2.20. The molecule has 2 rings (SSSR count). The van der Waals surface area contributed by atoms with E-state index in [1.807, 2.05) is 48.5 Å². The molecule has 0 saturated carbocycles. The van der Waals surface area contributed by atoms with Gasteiger partial charge in [-0.05, 0) is 36.6 Å². The van der Waals surface area contributed by atoms with E-state index in [1.165, 1.54) is 0 Å².